The zero-order chi connectivity index (χ0) is 20.5. The lowest BCUT2D eigenvalue weighted by Crippen LogP contribution is -2.52. The number of fused-ring (bicyclic) bond motifs is 3. The third kappa shape index (κ3) is 3.51. The number of carboxylic acid groups (broad SMARTS) is 1. The smallest absolute Gasteiger partial charge is 0.322 e. The molecule has 0 radical (unpaired) electrons. The Bertz CT molecular complexity index is 999. The maximum Gasteiger partial charge on any atom is 0.322 e. The summed E-state index contributed by atoms with van der Waals surface area (Å²) in [4.78, 5) is 48.3. The first-order valence-corrected chi connectivity index (χ1v) is 9.47. The number of rotatable bonds is 5. The van der Waals surface area contributed by atoms with Gasteiger partial charge in [-0.1, -0.05) is 42.5 Å². The minimum Gasteiger partial charge on any atom is -0.480 e. The molecule has 2 heterocycles. The van der Waals surface area contributed by atoms with Gasteiger partial charge in [0.2, 0.25) is 11.8 Å². The van der Waals surface area contributed by atoms with Crippen molar-refractivity contribution in [2.24, 2.45) is 0 Å². The lowest BCUT2D eigenvalue weighted by Gasteiger charge is -2.38. The second kappa shape index (κ2) is 7.50. The number of aliphatic carboxylic acids is 1. The highest BCUT2D eigenvalue weighted by Crippen LogP contribution is 2.42. The maximum absolute atomic E-state index is 12.6. The van der Waals surface area contributed by atoms with Gasteiger partial charge >= 0.3 is 5.97 Å². The second-order valence-corrected chi connectivity index (χ2v) is 7.34. The first-order chi connectivity index (χ1) is 14.0. The van der Waals surface area contributed by atoms with Gasteiger partial charge in [-0.2, -0.15) is 0 Å². The third-order valence-corrected chi connectivity index (χ3v) is 5.60. The fraction of sp³-hybridized carbons (Fsp3) is 0.273. The first kappa shape index (κ1) is 18.9. The molecule has 2 aliphatic rings. The van der Waals surface area contributed by atoms with Crippen LogP contribution < -0.4 is 5.32 Å². The number of carbonyl (C=O) groups is 4. The monoisotopic (exact) mass is 392 g/mol. The van der Waals surface area contributed by atoms with E-state index < -0.39 is 24.5 Å². The van der Waals surface area contributed by atoms with Crippen molar-refractivity contribution in [2.75, 3.05) is 6.54 Å². The summed E-state index contributed by atoms with van der Waals surface area (Å²) in [7, 11) is 0. The van der Waals surface area contributed by atoms with Crippen LogP contribution in [0.1, 0.15) is 40.4 Å². The molecule has 148 valence electrons. The van der Waals surface area contributed by atoms with Gasteiger partial charge < -0.3 is 15.3 Å². The predicted molar refractivity (Wildman–Crippen MR) is 104 cm³/mol. The Morgan fingerprint density at radius 3 is 2.55 bits per heavy atom. The number of hydrogen-bond donors (Lipinski definition) is 2. The highest BCUT2D eigenvalue weighted by atomic mass is 16.4. The van der Waals surface area contributed by atoms with E-state index in [-0.39, 0.29) is 11.9 Å². The number of carbonyl (C=O) groups excluding carboxylic acids is 3. The van der Waals surface area contributed by atoms with E-state index in [1.807, 2.05) is 30.3 Å². The van der Waals surface area contributed by atoms with Crippen molar-refractivity contribution < 1.29 is 24.3 Å². The van der Waals surface area contributed by atoms with Gasteiger partial charge in [0.25, 0.3) is 0 Å². The molecule has 2 amide bonds. The van der Waals surface area contributed by atoms with Gasteiger partial charge in [0, 0.05) is 18.4 Å². The molecule has 4 rings (SSSR count). The molecule has 2 aromatic carbocycles. The van der Waals surface area contributed by atoms with E-state index >= 15 is 0 Å². The van der Waals surface area contributed by atoms with Crippen LogP contribution in [0.15, 0.2) is 42.5 Å². The summed E-state index contributed by atoms with van der Waals surface area (Å²) in [5.41, 5.74) is 4.53. The average molecular weight is 392 g/mol. The van der Waals surface area contributed by atoms with E-state index in [0.717, 1.165) is 28.5 Å². The molecule has 7 nitrogen and oxygen atoms in total. The molecular weight excluding hydrogens is 372 g/mol. The Balaban J connectivity index is 1.67. The number of nitrogens with one attached hydrogen (secondary N) is 1. The van der Waals surface area contributed by atoms with Crippen molar-refractivity contribution in [1.29, 1.82) is 0 Å². The van der Waals surface area contributed by atoms with E-state index in [9.17, 15) is 19.2 Å². The Labute approximate surface area is 167 Å². The van der Waals surface area contributed by atoms with Gasteiger partial charge in [-0.25, -0.2) is 0 Å². The van der Waals surface area contributed by atoms with E-state index in [2.05, 4.69) is 5.32 Å². The molecule has 2 aromatic rings. The summed E-state index contributed by atoms with van der Waals surface area (Å²) in [6.07, 6.45) is 2.15. The second-order valence-electron chi connectivity index (χ2n) is 7.34. The van der Waals surface area contributed by atoms with Crippen LogP contribution in [0.2, 0.25) is 0 Å². The number of amides is 2. The third-order valence-electron chi connectivity index (χ3n) is 5.60. The molecule has 0 bridgehead atoms. The maximum atomic E-state index is 12.6. The van der Waals surface area contributed by atoms with Gasteiger partial charge in [-0.3, -0.25) is 19.2 Å². The molecule has 1 saturated heterocycles. The normalized spacial score (nSPS) is 20.0. The summed E-state index contributed by atoms with van der Waals surface area (Å²) < 4.78 is 0. The first-order valence-electron chi connectivity index (χ1n) is 9.47. The number of nitrogens with zero attached hydrogens (tertiary/aromatic N) is 1. The van der Waals surface area contributed by atoms with Gasteiger partial charge in [0.15, 0.2) is 0 Å². The van der Waals surface area contributed by atoms with Gasteiger partial charge in [0.1, 0.15) is 18.9 Å². The van der Waals surface area contributed by atoms with Crippen LogP contribution in [-0.2, 0) is 20.8 Å². The molecule has 0 unspecified atom stereocenters. The van der Waals surface area contributed by atoms with Gasteiger partial charge in [0.05, 0.1) is 6.04 Å². The van der Waals surface area contributed by atoms with Crippen LogP contribution in [0.3, 0.4) is 0 Å². The molecule has 0 aromatic heterocycles. The molecule has 2 N–H and O–H groups in total. The molecule has 1 fully saturated rings. The fourth-order valence-electron chi connectivity index (χ4n) is 4.25. The Morgan fingerprint density at radius 2 is 1.86 bits per heavy atom. The van der Waals surface area contributed by atoms with Gasteiger partial charge in [-0.05, 0) is 28.7 Å². The highest BCUT2D eigenvalue weighted by molar-refractivity contribution is 5.91. The molecule has 29 heavy (non-hydrogen) atoms. The Kier molecular flexibility index (Phi) is 4.88. The lowest BCUT2D eigenvalue weighted by molar-refractivity contribution is -0.142. The van der Waals surface area contributed by atoms with Crippen LogP contribution in [-0.4, -0.2) is 46.7 Å². The molecule has 0 aliphatic carbocycles. The number of aldehydes is 1. The zero-order valence-corrected chi connectivity index (χ0v) is 15.6. The minimum absolute atomic E-state index is 0.0790. The van der Waals surface area contributed by atoms with Gasteiger partial charge in [-0.15, -0.1) is 0 Å². The van der Waals surface area contributed by atoms with E-state index in [1.165, 1.54) is 0 Å². The largest absolute Gasteiger partial charge is 0.480 e. The molecule has 2 aliphatic heterocycles. The molecule has 2 atom stereocenters. The summed E-state index contributed by atoms with van der Waals surface area (Å²) in [5, 5.41) is 11.3. The standard InChI is InChI=1S/C22H20N2O5/c25-12-13-1-3-14(4-2-13)15-5-6-17-16(9-15)10-19(22(29)23-11-21(27)28)24-18(17)7-8-20(24)26/h1-6,9,12,18-19H,7-8,10-11H2,(H,23,29)(H,27,28)/t18-,19+/m1/s1. The SMILES string of the molecule is O=Cc1ccc(-c2ccc3c(c2)C[C@@H](C(=O)NCC(=O)O)N2C(=O)CC[C@H]32)cc1. The van der Waals surface area contributed by atoms with Crippen molar-refractivity contribution in [2.45, 2.75) is 31.3 Å². The Morgan fingerprint density at radius 1 is 1.14 bits per heavy atom. The number of carboxylic acids is 1. The van der Waals surface area contributed by atoms with Crippen LogP contribution >= 0.6 is 0 Å². The number of benzene rings is 2. The summed E-state index contributed by atoms with van der Waals surface area (Å²) >= 11 is 0. The molecule has 0 saturated carbocycles. The van der Waals surface area contributed by atoms with Crippen molar-refractivity contribution in [3.63, 3.8) is 0 Å². The quantitative estimate of drug-likeness (QED) is 0.757. The lowest BCUT2D eigenvalue weighted by atomic mass is 9.86. The van der Waals surface area contributed by atoms with Crippen LogP contribution in [0.4, 0.5) is 0 Å². The zero-order valence-electron chi connectivity index (χ0n) is 15.6. The van der Waals surface area contributed by atoms with Crippen LogP contribution in [0, 0.1) is 0 Å². The molecule has 7 heteroatoms. The minimum atomic E-state index is -1.13. The van der Waals surface area contributed by atoms with E-state index in [0.29, 0.717) is 24.8 Å². The van der Waals surface area contributed by atoms with E-state index in [1.54, 1.807) is 17.0 Å². The summed E-state index contributed by atoms with van der Waals surface area (Å²) in [6.45, 7) is -0.474. The van der Waals surface area contributed by atoms with Crippen LogP contribution in [0.25, 0.3) is 11.1 Å². The fourth-order valence-corrected chi connectivity index (χ4v) is 4.25. The highest BCUT2D eigenvalue weighted by Gasteiger charge is 2.44. The average Bonchev–Trinajstić information content (AvgIpc) is 3.13. The van der Waals surface area contributed by atoms with Crippen molar-refractivity contribution in [3.8, 4) is 11.1 Å². The number of hydrogen-bond acceptors (Lipinski definition) is 4. The van der Waals surface area contributed by atoms with Crippen LogP contribution in [0.5, 0.6) is 0 Å². The molecule has 0 spiro atoms. The topological polar surface area (TPSA) is 104 Å². The Hall–Kier alpha value is -3.48. The summed E-state index contributed by atoms with van der Waals surface area (Å²) in [5.74, 6) is -1.65. The van der Waals surface area contributed by atoms with Crippen molar-refractivity contribution in [3.05, 3.63) is 59.2 Å². The van der Waals surface area contributed by atoms with Crippen molar-refractivity contribution in [1.82, 2.24) is 10.2 Å². The molecular formula is C22H20N2O5. The van der Waals surface area contributed by atoms with E-state index in [4.69, 9.17) is 5.11 Å². The predicted octanol–water partition coefficient (Wildman–Crippen LogP) is 1.96. The summed E-state index contributed by atoms with van der Waals surface area (Å²) in [6, 6.07) is 12.4. The van der Waals surface area contributed by atoms with Crippen molar-refractivity contribution >= 4 is 24.1 Å².